The fourth-order valence-electron chi connectivity index (χ4n) is 2.96. The van der Waals surface area contributed by atoms with E-state index in [0.717, 1.165) is 5.56 Å². The number of esters is 1. The summed E-state index contributed by atoms with van der Waals surface area (Å²) in [4.78, 5) is 38.2. The number of carbonyl (C=O) groups is 3. The van der Waals surface area contributed by atoms with E-state index < -0.39 is 5.97 Å². The number of nitrogens with zero attached hydrogens (tertiary/aromatic N) is 1. The summed E-state index contributed by atoms with van der Waals surface area (Å²) in [6, 6.07) is 5.30. The molecule has 2 rings (SSSR count). The summed E-state index contributed by atoms with van der Waals surface area (Å²) in [5, 5.41) is 15.0. The van der Waals surface area contributed by atoms with Crippen molar-refractivity contribution in [1.29, 1.82) is 0 Å². The predicted molar refractivity (Wildman–Crippen MR) is 106 cm³/mol. The number of aliphatic hydroxyl groups is 1. The summed E-state index contributed by atoms with van der Waals surface area (Å²) in [7, 11) is 1.25. The highest BCUT2D eigenvalue weighted by Gasteiger charge is 2.34. The number of carbonyl (C=O) groups excluding carboxylic acids is 3. The van der Waals surface area contributed by atoms with Gasteiger partial charge in [0, 0.05) is 24.3 Å². The third kappa shape index (κ3) is 4.89. The van der Waals surface area contributed by atoms with E-state index in [0.29, 0.717) is 17.8 Å². The normalized spacial score (nSPS) is 13.9. The van der Waals surface area contributed by atoms with Crippen LogP contribution in [0.3, 0.4) is 0 Å². The Balaban J connectivity index is 2.30. The Morgan fingerprint density at radius 2 is 1.96 bits per heavy atom. The van der Waals surface area contributed by atoms with Crippen LogP contribution in [-0.4, -0.2) is 54.6 Å². The molecule has 2 amide bonds. The number of anilines is 2. The van der Waals surface area contributed by atoms with E-state index >= 15 is 0 Å². The molecule has 152 valence electrons. The van der Waals surface area contributed by atoms with Crippen LogP contribution in [0.2, 0.25) is 0 Å². The zero-order chi connectivity index (χ0) is 20.8. The lowest BCUT2D eigenvalue weighted by molar-refractivity contribution is -0.136. The number of hydrogen-bond acceptors (Lipinski definition) is 6. The molecule has 1 aliphatic heterocycles. The van der Waals surface area contributed by atoms with Gasteiger partial charge < -0.3 is 25.4 Å². The molecular formula is C20H27N3O5. The Kier molecular flexibility index (Phi) is 7.17. The van der Waals surface area contributed by atoms with Gasteiger partial charge in [-0.25, -0.2) is 4.79 Å². The number of methoxy groups -OCH3 is 1. The molecule has 0 saturated carbocycles. The second-order valence-corrected chi connectivity index (χ2v) is 7.04. The van der Waals surface area contributed by atoms with Crippen LogP contribution >= 0.6 is 0 Å². The number of nitrogens with one attached hydrogen (secondary N) is 2. The second-order valence-electron chi connectivity index (χ2n) is 7.04. The highest BCUT2D eigenvalue weighted by atomic mass is 16.5. The lowest BCUT2D eigenvalue weighted by Gasteiger charge is -2.17. The molecule has 0 aromatic heterocycles. The minimum Gasteiger partial charge on any atom is -0.466 e. The highest BCUT2D eigenvalue weighted by molar-refractivity contribution is 6.08. The summed E-state index contributed by atoms with van der Waals surface area (Å²) in [6.45, 7) is 5.73. The van der Waals surface area contributed by atoms with Crippen molar-refractivity contribution in [3.05, 3.63) is 35.0 Å². The maximum atomic E-state index is 12.6. The standard InChI is InChI=1S/C20H27N3O5/c1-12(2)10-17(25)21-15-6-5-7-16(13(15)3)22-18-14(20(27)28-4)11-23(8-9-24)19(18)26/h5-7,12,22,24H,8-11H2,1-4H3,(H,21,25). The Bertz CT molecular complexity index is 801. The summed E-state index contributed by atoms with van der Waals surface area (Å²) < 4.78 is 4.79. The second kappa shape index (κ2) is 9.36. The van der Waals surface area contributed by atoms with Crippen LogP contribution in [-0.2, 0) is 19.1 Å². The van der Waals surface area contributed by atoms with Crippen molar-refractivity contribution in [3.63, 3.8) is 0 Å². The van der Waals surface area contributed by atoms with Crippen LogP contribution in [0.15, 0.2) is 29.5 Å². The Hall–Kier alpha value is -2.87. The average molecular weight is 389 g/mol. The minimum absolute atomic E-state index is 0.0677. The number of benzene rings is 1. The molecule has 1 aliphatic rings. The van der Waals surface area contributed by atoms with Gasteiger partial charge in [0.2, 0.25) is 5.91 Å². The molecule has 0 unspecified atom stereocenters. The third-order valence-corrected chi connectivity index (χ3v) is 4.41. The summed E-state index contributed by atoms with van der Waals surface area (Å²) in [5.41, 5.74) is 2.29. The monoisotopic (exact) mass is 389 g/mol. The van der Waals surface area contributed by atoms with Gasteiger partial charge in [0.15, 0.2) is 0 Å². The molecule has 3 N–H and O–H groups in total. The van der Waals surface area contributed by atoms with Crippen molar-refractivity contribution < 1.29 is 24.2 Å². The molecule has 0 aliphatic carbocycles. The molecule has 1 aromatic carbocycles. The van der Waals surface area contributed by atoms with Gasteiger partial charge in [0.05, 0.1) is 25.8 Å². The zero-order valence-corrected chi connectivity index (χ0v) is 16.7. The van der Waals surface area contributed by atoms with Crippen LogP contribution in [0.4, 0.5) is 11.4 Å². The van der Waals surface area contributed by atoms with Crippen molar-refractivity contribution >= 4 is 29.2 Å². The van der Waals surface area contributed by atoms with Crippen molar-refractivity contribution in [2.45, 2.75) is 27.2 Å². The third-order valence-electron chi connectivity index (χ3n) is 4.41. The molecule has 0 bridgehead atoms. The van der Waals surface area contributed by atoms with Crippen LogP contribution < -0.4 is 10.6 Å². The van der Waals surface area contributed by atoms with Crippen molar-refractivity contribution in [2.24, 2.45) is 5.92 Å². The van der Waals surface area contributed by atoms with Gasteiger partial charge in [-0.2, -0.15) is 0 Å². The van der Waals surface area contributed by atoms with Crippen LogP contribution in [0.25, 0.3) is 0 Å². The molecule has 0 spiro atoms. The molecular weight excluding hydrogens is 362 g/mol. The van der Waals surface area contributed by atoms with Crippen molar-refractivity contribution in [2.75, 3.05) is 37.4 Å². The smallest absolute Gasteiger partial charge is 0.337 e. The Morgan fingerprint density at radius 1 is 1.29 bits per heavy atom. The van der Waals surface area contributed by atoms with E-state index in [9.17, 15) is 14.4 Å². The molecule has 1 aromatic rings. The van der Waals surface area contributed by atoms with Crippen molar-refractivity contribution in [1.82, 2.24) is 4.90 Å². The van der Waals surface area contributed by atoms with Gasteiger partial charge >= 0.3 is 5.97 Å². The van der Waals surface area contributed by atoms with E-state index in [4.69, 9.17) is 9.84 Å². The van der Waals surface area contributed by atoms with Crippen LogP contribution in [0, 0.1) is 12.8 Å². The number of rotatable bonds is 8. The summed E-state index contributed by atoms with van der Waals surface area (Å²) in [5.74, 6) is -0.836. The summed E-state index contributed by atoms with van der Waals surface area (Å²) >= 11 is 0. The van der Waals surface area contributed by atoms with E-state index in [2.05, 4.69) is 10.6 Å². The van der Waals surface area contributed by atoms with E-state index in [-0.39, 0.29) is 48.7 Å². The number of ether oxygens (including phenoxy) is 1. The maximum Gasteiger partial charge on any atom is 0.337 e. The van der Waals surface area contributed by atoms with Crippen molar-refractivity contribution in [3.8, 4) is 0 Å². The first kappa shape index (κ1) is 21.4. The summed E-state index contributed by atoms with van der Waals surface area (Å²) in [6.07, 6.45) is 0.406. The first-order chi connectivity index (χ1) is 13.3. The van der Waals surface area contributed by atoms with Gasteiger partial charge in [-0.1, -0.05) is 19.9 Å². The lowest BCUT2D eigenvalue weighted by Crippen LogP contribution is -2.31. The zero-order valence-electron chi connectivity index (χ0n) is 16.7. The highest BCUT2D eigenvalue weighted by Crippen LogP contribution is 2.28. The number of hydrogen-bond donors (Lipinski definition) is 3. The van der Waals surface area contributed by atoms with E-state index in [1.165, 1.54) is 12.0 Å². The fraction of sp³-hybridized carbons (Fsp3) is 0.450. The quantitative estimate of drug-likeness (QED) is 0.584. The number of aliphatic hydroxyl groups excluding tert-OH is 1. The minimum atomic E-state index is -0.602. The first-order valence-electron chi connectivity index (χ1n) is 9.16. The maximum absolute atomic E-state index is 12.6. The molecule has 8 nitrogen and oxygen atoms in total. The van der Waals surface area contributed by atoms with Gasteiger partial charge in [-0.3, -0.25) is 9.59 Å². The predicted octanol–water partition coefficient (Wildman–Crippen LogP) is 1.65. The number of β-amino-alcohol motifs (C(OH)–C–C–N with tert-alkyl or cyclic N) is 1. The topological polar surface area (TPSA) is 108 Å². The Labute approximate surface area is 164 Å². The van der Waals surface area contributed by atoms with Gasteiger partial charge in [-0.05, 0) is 30.5 Å². The molecule has 0 saturated heterocycles. The molecule has 28 heavy (non-hydrogen) atoms. The molecule has 8 heteroatoms. The number of amides is 2. The fourth-order valence-corrected chi connectivity index (χ4v) is 2.96. The lowest BCUT2D eigenvalue weighted by atomic mass is 10.1. The van der Waals surface area contributed by atoms with E-state index in [1.54, 1.807) is 18.2 Å². The van der Waals surface area contributed by atoms with E-state index in [1.807, 2.05) is 20.8 Å². The first-order valence-corrected chi connectivity index (χ1v) is 9.16. The molecule has 0 radical (unpaired) electrons. The van der Waals surface area contributed by atoms with Gasteiger partial charge in [0.25, 0.3) is 5.91 Å². The largest absolute Gasteiger partial charge is 0.466 e. The van der Waals surface area contributed by atoms with Crippen LogP contribution in [0.1, 0.15) is 25.8 Å². The van der Waals surface area contributed by atoms with Gasteiger partial charge in [-0.15, -0.1) is 0 Å². The van der Waals surface area contributed by atoms with Crippen LogP contribution in [0.5, 0.6) is 0 Å². The molecule has 0 fully saturated rings. The molecule has 0 atom stereocenters. The average Bonchev–Trinajstić information content (AvgIpc) is 2.93. The molecule has 1 heterocycles. The Morgan fingerprint density at radius 3 is 2.57 bits per heavy atom. The SMILES string of the molecule is COC(=O)C1=C(Nc2cccc(NC(=O)CC(C)C)c2C)C(=O)N(CCO)C1. The van der Waals surface area contributed by atoms with Gasteiger partial charge in [0.1, 0.15) is 5.70 Å².